The van der Waals surface area contributed by atoms with E-state index in [0.717, 1.165) is 24.9 Å². The van der Waals surface area contributed by atoms with Gasteiger partial charge < -0.3 is 10.1 Å². The van der Waals surface area contributed by atoms with E-state index in [1.54, 1.807) is 0 Å². The van der Waals surface area contributed by atoms with E-state index in [0.29, 0.717) is 6.61 Å². The number of carbonyl (C=O) groups excluding carboxylic acids is 1. The summed E-state index contributed by atoms with van der Waals surface area (Å²) in [4.78, 5) is 11.8. The lowest BCUT2D eigenvalue weighted by Crippen LogP contribution is -2.29. The van der Waals surface area contributed by atoms with Gasteiger partial charge in [0.2, 0.25) is 0 Å². The lowest BCUT2D eigenvalue weighted by molar-refractivity contribution is -0.144. The molecular weight excluding hydrogens is 238 g/mol. The van der Waals surface area contributed by atoms with E-state index in [9.17, 15) is 4.79 Å². The van der Waals surface area contributed by atoms with Crippen molar-refractivity contribution in [3.63, 3.8) is 0 Å². The molecule has 0 radical (unpaired) electrons. The average molecular weight is 263 g/mol. The topological polar surface area (TPSA) is 38.3 Å². The first kappa shape index (κ1) is 15.5. The van der Waals surface area contributed by atoms with Gasteiger partial charge in [-0.05, 0) is 37.3 Å². The number of hydrogen-bond donors (Lipinski definition) is 1. The maximum atomic E-state index is 11.8. The molecular formula is C16H25NO2. The first-order valence-corrected chi connectivity index (χ1v) is 7.17. The molecule has 19 heavy (non-hydrogen) atoms. The molecule has 3 nitrogen and oxygen atoms in total. The molecule has 1 rings (SSSR count). The monoisotopic (exact) mass is 263 g/mol. The Bertz CT molecular complexity index is 393. The van der Waals surface area contributed by atoms with Crippen molar-refractivity contribution in [3.05, 3.63) is 29.3 Å². The SMILES string of the molecule is CCCOC(=O)[C@H](C)Nc1c(CC)cccc1CC. The lowest BCUT2D eigenvalue weighted by Gasteiger charge is -2.19. The lowest BCUT2D eigenvalue weighted by atomic mass is 10.0. The highest BCUT2D eigenvalue weighted by Gasteiger charge is 2.16. The van der Waals surface area contributed by atoms with E-state index in [2.05, 4.69) is 37.4 Å². The summed E-state index contributed by atoms with van der Waals surface area (Å²) in [5, 5.41) is 3.32. The van der Waals surface area contributed by atoms with Crippen molar-refractivity contribution >= 4 is 11.7 Å². The van der Waals surface area contributed by atoms with Crippen LogP contribution < -0.4 is 5.32 Å². The van der Waals surface area contributed by atoms with E-state index < -0.39 is 0 Å². The molecule has 1 atom stereocenters. The molecule has 0 amide bonds. The Balaban J connectivity index is 2.82. The number of carbonyl (C=O) groups is 1. The number of ether oxygens (including phenoxy) is 1. The van der Waals surface area contributed by atoms with Crippen molar-refractivity contribution in [1.82, 2.24) is 0 Å². The first-order chi connectivity index (χ1) is 9.13. The largest absolute Gasteiger partial charge is 0.464 e. The molecule has 1 aromatic rings. The molecule has 0 aliphatic carbocycles. The number of benzene rings is 1. The number of hydrogen-bond acceptors (Lipinski definition) is 3. The fraction of sp³-hybridized carbons (Fsp3) is 0.562. The predicted octanol–water partition coefficient (Wildman–Crippen LogP) is 3.57. The summed E-state index contributed by atoms with van der Waals surface area (Å²) in [6.07, 6.45) is 2.75. The molecule has 106 valence electrons. The summed E-state index contributed by atoms with van der Waals surface area (Å²) in [5.74, 6) is -0.185. The Morgan fingerprint density at radius 2 is 1.79 bits per heavy atom. The van der Waals surface area contributed by atoms with E-state index >= 15 is 0 Å². The molecule has 0 aliphatic heterocycles. The van der Waals surface area contributed by atoms with E-state index in [1.807, 2.05) is 13.8 Å². The third-order valence-electron chi connectivity index (χ3n) is 3.16. The number of para-hydroxylation sites is 1. The van der Waals surface area contributed by atoms with E-state index in [-0.39, 0.29) is 12.0 Å². The van der Waals surface area contributed by atoms with E-state index in [1.165, 1.54) is 11.1 Å². The van der Waals surface area contributed by atoms with Crippen LogP contribution in [-0.4, -0.2) is 18.6 Å². The number of aryl methyl sites for hydroxylation is 2. The minimum atomic E-state index is -0.315. The van der Waals surface area contributed by atoms with Gasteiger partial charge in [-0.3, -0.25) is 0 Å². The number of nitrogens with one attached hydrogen (secondary N) is 1. The summed E-state index contributed by atoms with van der Waals surface area (Å²) >= 11 is 0. The Labute approximate surface area is 116 Å². The molecule has 0 aliphatic rings. The van der Waals surface area contributed by atoms with Crippen LogP contribution in [0.4, 0.5) is 5.69 Å². The Morgan fingerprint density at radius 1 is 1.21 bits per heavy atom. The molecule has 0 unspecified atom stereocenters. The predicted molar refractivity (Wildman–Crippen MR) is 79.5 cm³/mol. The van der Waals surface area contributed by atoms with Gasteiger partial charge in [-0.1, -0.05) is 39.0 Å². The summed E-state index contributed by atoms with van der Waals surface area (Å²) in [5.41, 5.74) is 3.58. The van der Waals surface area contributed by atoms with E-state index in [4.69, 9.17) is 4.74 Å². The second-order valence-electron chi connectivity index (χ2n) is 4.69. The second kappa shape index (κ2) is 7.82. The molecule has 1 N–H and O–H groups in total. The van der Waals surface area contributed by atoms with Crippen molar-refractivity contribution in [1.29, 1.82) is 0 Å². The molecule has 3 heteroatoms. The third kappa shape index (κ3) is 4.27. The van der Waals surface area contributed by atoms with Crippen molar-refractivity contribution in [2.75, 3.05) is 11.9 Å². The van der Waals surface area contributed by atoms with Gasteiger partial charge in [-0.15, -0.1) is 0 Å². The second-order valence-corrected chi connectivity index (χ2v) is 4.69. The van der Waals surface area contributed by atoms with Gasteiger partial charge in [-0.2, -0.15) is 0 Å². The number of anilines is 1. The highest BCUT2D eigenvalue weighted by Crippen LogP contribution is 2.23. The van der Waals surface area contributed by atoms with Crippen molar-refractivity contribution < 1.29 is 9.53 Å². The molecule has 0 heterocycles. The summed E-state index contributed by atoms with van der Waals surface area (Å²) in [6.45, 7) is 8.58. The third-order valence-corrected chi connectivity index (χ3v) is 3.16. The van der Waals surface area contributed by atoms with Crippen LogP contribution in [0.15, 0.2) is 18.2 Å². The van der Waals surface area contributed by atoms with Gasteiger partial charge in [0, 0.05) is 5.69 Å². The standard InChI is InChI=1S/C16H25NO2/c1-5-11-19-16(18)12(4)17-15-13(6-2)9-8-10-14(15)7-3/h8-10,12,17H,5-7,11H2,1-4H3/t12-/m0/s1. The Hall–Kier alpha value is -1.51. The Morgan fingerprint density at radius 3 is 2.26 bits per heavy atom. The van der Waals surface area contributed by atoms with Crippen LogP contribution in [0.25, 0.3) is 0 Å². The molecule has 0 saturated heterocycles. The van der Waals surface area contributed by atoms with Gasteiger partial charge in [0.15, 0.2) is 0 Å². The zero-order valence-corrected chi connectivity index (χ0v) is 12.5. The van der Waals surface area contributed by atoms with Crippen LogP contribution in [0.1, 0.15) is 45.2 Å². The van der Waals surface area contributed by atoms with Crippen LogP contribution in [-0.2, 0) is 22.4 Å². The van der Waals surface area contributed by atoms with Gasteiger partial charge in [0.05, 0.1) is 6.61 Å². The highest BCUT2D eigenvalue weighted by atomic mass is 16.5. The zero-order chi connectivity index (χ0) is 14.3. The van der Waals surface area contributed by atoms with Gasteiger partial charge >= 0.3 is 5.97 Å². The van der Waals surface area contributed by atoms with Gasteiger partial charge in [0.25, 0.3) is 0 Å². The molecule has 0 spiro atoms. The van der Waals surface area contributed by atoms with Crippen molar-refractivity contribution in [2.45, 2.75) is 53.0 Å². The normalized spacial score (nSPS) is 12.0. The summed E-state index contributed by atoms with van der Waals surface area (Å²) in [6, 6.07) is 5.96. The summed E-state index contributed by atoms with van der Waals surface area (Å²) in [7, 11) is 0. The number of esters is 1. The number of rotatable bonds is 7. The quantitative estimate of drug-likeness (QED) is 0.764. The van der Waals surface area contributed by atoms with Gasteiger partial charge in [0.1, 0.15) is 6.04 Å². The Kier molecular flexibility index (Phi) is 6.40. The molecule has 0 fully saturated rings. The zero-order valence-electron chi connectivity index (χ0n) is 12.5. The van der Waals surface area contributed by atoms with Crippen LogP contribution in [0, 0.1) is 0 Å². The molecule has 0 saturated carbocycles. The minimum absolute atomic E-state index is 0.185. The smallest absolute Gasteiger partial charge is 0.328 e. The van der Waals surface area contributed by atoms with Crippen LogP contribution in [0.2, 0.25) is 0 Å². The average Bonchev–Trinajstić information content (AvgIpc) is 2.44. The van der Waals surface area contributed by atoms with Crippen molar-refractivity contribution in [3.8, 4) is 0 Å². The fourth-order valence-corrected chi connectivity index (χ4v) is 2.03. The van der Waals surface area contributed by atoms with Crippen LogP contribution in [0.5, 0.6) is 0 Å². The molecule has 0 bridgehead atoms. The molecule has 1 aromatic carbocycles. The maximum Gasteiger partial charge on any atom is 0.328 e. The fourth-order valence-electron chi connectivity index (χ4n) is 2.03. The van der Waals surface area contributed by atoms with Crippen LogP contribution in [0.3, 0.4) is 0 Å². The van der Waals surface area contributed by atoms with Crippen LogP contribution >= 0.6 is 0 Å². The highest BCUT2D eigenvalue weighted by molar-refractivity contribution is 5.79. The molecule has 0 aromatic heterocycles. The minimum Gasteiger partial charge on any atom is -0.464 e. The first-order valence-electron chi connectivity index (χ1n) is 7.17. The van der Waals surface area contributed by atoms with Crippen molar-refractivity contribution in [2.24, 2.45) is 0 Å². The maximum absolute atomic E-state index is 11.8. The van der Waals surface area contributed by atoms with Gasteiger partial charge in [-0.25, -0.2) is 4.79 Å². The summed E-state index contributed by atoms with van der Waals surface area (Å²) < 4.78 is 5.17.